The first kappa shape index (κ1) is 31.2. The van der Waals surface area contributed by atoms with Gasteiger partial charge in [0.1, 0.15) is 11.5 Å². The molecule has 232 valence electrons. The number of sulfonamides is 1. The lowest BCUT2D eigenvalue weighted by Crippen LogP contribution is -2.48. The van der Waals surface area contributed by atoms with E-state index in [1.807, 2.05) is 0 Å². The number of anilines is 1. The van der Waals surface area contributed by atoms with Gasteiger partial charge in [-0.3, -0.25) is 19.8 Å². The molecule has 3 atom stereocenters. The van der Waals surface area contributed by atoms with E-state index in [0.29, 0.717) is 65.2 Å². The number of likely N-dealkylation sites (tertiary alicyclic amines) is 1. The molecule has 1 saturated carbocycles. The third-order valence-electron chi connectivity index (χ3n) is 9.49. The number of rotatable bonds is 10. The van der Waals surface area contributed by atoms with Gasteiger partial charge in [0, 0.05) is 34.8 Å². The van der Waals surface area contributed by atoms with Crippen LogP contribution in [0.1, 0.15) is 96.1 Å². The number of benzene rings is 2. The predicted octanol–water partition coefficient (Wildman–Crippen LogP) is 5.92. The van der Waals surface area contributed by atoms with Crippen LogP contribution < -0.4 is 16.0 Å². The third kappa shape index (κ3) is 6.96. The Morgan fingerprint density at radius 1 is 1.09 bits per heavy atom. The molecule has 0 amide bonds. The van der Waals surface area contributed by atoms with Crippen molar-refractivity contribution in [2.24, 2.45) is 5.73 Å². The van der Waals surface area contributed by atoms with Gasteiger partial charge in [-0.2, -0.15) is 0 Å². The Kier molecular flexibility index (Phi) is 9.56. The molecule has 0 radical (unpaired) electrons. The SMILES string of the molecule is CC(CCCc1c(NS(=O)(=O)C2CCCCC2)ccc2nc(-c3cccc(C(=N)N)c3)c(=O)[nH]c12)N1C(C)CCCC1C. The van der Waals surface area contributed by atoms with Crippen LogP contribution in [0.4, 0.5) is 5.69 Å². The number of aromatic amines is 1. The molecule has 43 heavy (non-hydrogen) atoms. The Balaban J connectivity index is 1.49. The molecular weight excluding hydrogens is 560 g/mol. The summed E-state index contributed by atoms with van der Waals surface area (Å²) >= 11 is 0. The van der Waals surface area contributed by atoms with Crippen LogP contribution in [-0.2, 0) is 16.4 Å². The highest BCUT2D eigenvalue weighted by atomic mass is 32.2. The average molecular weight is 607 g/mol. The number of nitrogens with two attached hydrogens (primary N) is 1. The lowest BCUT2D eigenvalue weighted by Gasteiger charge is -2.43. The second-order valence-electron chi connectivity index (χ2n) is 12.6. The minimum atomic E-state index is -3.58. The van der Waals surface area contributed by atoms with E-state index in [1.54, 1.807) is 36.4 Å². The number of fused-ring (bicyclic) bond motifs is 1. The maximum absolute atomic E-state index is 13.5. The first-order chi connectivity index (χ1) is 20.5. The van der Waals surface area contributed by atoms with Gasteiger partial charge in [0.15, 0.2) is 0 Å². The number of piperidine rings is 1. The van der Waals surface area contributed by atoms with Gasteiger partial charge in [0.25, 0.3) is 5.56 Å². The van der Waals surface area contributed by atoms with Crippen molar-refractivity contribution in [3.8, 4) is 11.3 Å². The lowest BCUT2D eigenvalue weighted by molar-refractivity contribution is 0.0581. The molecule has 5 N–H and O–H groups in total. The van der Waals surface area contributed by atoms with Gasteiger partial charge in [-0.15, -0.1) is 0 Å². The van der Waals surface area contributed by atoms with E-state index in [4.69, 9.17) is 16.1 Å². The van der Waals surface area contributed by atoms with Crippen molar-refractivity contribution in [2.75, 3.05) is 4.72 Å². The van der Waals surface area contributed by atoms with Gasteiger partial charge in [-0.05, 0) is 83.9 Å². The van der Waals surface area contributed by atoms with Gasteiger partial charge in [0.2, 0.25) is 10.0 Å². The number of nitrogens with zero attached hydrogens (tertiary/aromatic N) is 2. The van der Waals surface area contributed by atoms with Crippen LogP contribution in [0.25, 0.3) is 22.3 Å². The lowest BCUT2D eigenvalue weighted by atomic mass is 9.93. The van der Waals surface area contributed by atoms with Crippen LogP contribution in [0.2, 0.25) is 0 Å². The molecule has 2 aromatic carbocycles. The van der Waals surface area contributed by atoms with Crippen molar-refractivity contribution in [1.29, 1.82) is 5.41 Å². The molecule has 0 spiro atoms. The van der Waals surface area contributed by atoms with Crippen LogP contribution in [-0.4, -0.2) is 52.5 Å². The van der Waals surface area contributed by atoms with E-state index in [1.165, 1.54) is 19.3 Å². The quantitative estimate of drug-likeness (QED) is 0.166. The summed E-state index contributed by atoms with van der Waals surface area (Å²) in [5.74, 6) is -0.0844. The molecule has 1 saturated heterocycles. The maximum atomic E-state index is 13.5. The zero-order valence-electron chi connectivity index (χ0n) is 25.7. The number of aromatic nitrogens is 2. The number of hydrogen-bond donors (Lipinski definition) is 4. The van der Waals surface area contributed by atoms with Gasteiger partial charge < -0.3 is 10.7 Å². The van der Waals surface area contributed by atoms with Gasteiger partial charge in [0.05, 0.1) is 22.0 Å². The van der Waals surface area contributed by atoms with E-state index in [2.05, 4.69) is 35.4 Å². The van der Waals surface area contributed by atoms with Crippen LogP contribution >= 0.6 is 0 Å². The van der Waals surface area contributed by atoms with E-state index in [9.17, 15) is 13.2 Å². The molecule has 2 fully saturated rings. The maximum Gasteiger partial charge on any atom is 0.274 e. The summed E-state index contributed by atoms with van der Waals surface area (Å²) in [7, 11) is -3.58. The minimum Gasteiger partial charge on any atom is -0.384 e. The molecule has 0 bridgehead atoms. The summed E-state index contributed by atoms with van der Waals surface area (Å²) in [6.45, 7) is 6.92. The van der Waals surface area contributed by atoms with Crippen molar-refractivity contribution in [2.45, 2.75) is 115 Å². The van der Waals surface area contributed by atoms with Crippen LogP contribution in [0.3, 0.4) is 0 Å². The molecule has 10 heteroatoms. The highest BCUT2D eigenvalue weighted by molar-refractivity contribution is 7.93. The summed E-state index contributed by atoms with van der Waals surface area (Å²) in [5.41, 5.74) is 9.07. The Morgan fingerprint density at radius 3 is 2.51 bits per heavy atom. The molecule has 9 nitrogen and oxygen atoms in total. The fraction of sp³-hybridized carbons (Fsp3) is 0.545. The number of aryl methyl sites for hydroxylation is 1. The molecule has 2 heterocycles. The number of hydrogen-bond acceptors (Lipinski definition) is 6. The summed E-state index contributed by atoms with van der Waals surface area (Å²) in [4.78, 5) is 23.8. The monoisotopic (exact) mass is 606 g/mol. The van der Waals surface area contributed by atoms with E-state index >= 15 is 0 Å². The second-order valence-corrected chi connectivity index (χ2v) is 14.6. The number of nitrogens with one attached hydrogen (secondary N) is 3. The third-order valence-corrected chi connectivity index (χ3v) is 11.3. The molecule has 2 aliphatic rings. The molecule has 1 aliphatic carbocycles. The number of nitrogen functional groups attached to an aromatic ring is 1. The summed E-state index contributed by atoms with van der Waals surface area (Å²) in [6.07, 6.45) is 10.4. The summed E-state index contributed by atoms with van der Waals surface area (Å²) < 4.78 is 29.9. The first-order valence-electron chi connectivity index (χ1n) is 15.8. The second kappa shape index (κ2) is 13.2. The normalized spacial score (nSPS) is 21.1. The van der Waals surface area contributed by atoms with Crippen molar-refractivity contribution in [1.82, 2.24) is 14.9 Å². The zero-order chi connectivity index (χ0) is 30.7. The Bertz CT molecular complexity index is 1620. The van der Waals surface area contributed by atoms with Gasteiger partial charge >= 0.3 is 0 Å². The highest BCUT2D eigenvalue weighted by Gasteiger charge is 2.30. The van der Waals surface area contributed by atoms with Crippen LogP contribution in [0.15, 0.2) is 41.2 Å². The first-order valence-corrected chi connectivity index (χ1v) is 17.4. The highest BCUT2D eigenvalue weighted by Crippen LogP contribution is 2.32. The largest absolute Gasteiger partial charge is 0.384 e. The van der Waals surface area contributed by atoms with Crippen molar-refractivity contribution in [3.05, 3.63) is 57.9 Å². The molecule has 5 rings (SSSR count). The average Bonchev–Trinajstić information content (AvgIpc) is 2.98. The van der Waals surface area contributed by atoms with Gasteiger partial charge in [-0.25, -0.2) is 13.4 Å². The molecule has 3 unspecified atom stereocenters. The van der Waals surface area contributed by atoms with Crippen molar-refractivity contribution in [3.63, 3.8) is 0 Å². The Hall–Kier alpha value is -3.24. The van der Waals surface area contributed by atoms with Crippen molar-refractivity contribution < 1.29 is 8.42 Å². The summed E-state index contributed by atoms with van der Waals surface area (Å²) in [5, 5.41) is 7.37. The molecular formula is C33H46N6O3S. The topological polar surface area (TPSA) is 145 Å². The molecule has 3 aromatic rings. The van der Waals surface area contributed by atoms with Crippen LogP contribution in [0, 0.1) is 5.41 Å². The minimum absolute atomic E-state index is 0.0844. The van der Waals surface area contributed by atoms with Crippen molar-refractivity contribution >= 4 is 32.6 Å². The zero-order valence-corrected chi connectivity index (χ0v) is 26.5. The fourth-order valence-electron chi connectivity index (χ4n) is 7.24. The van der Waals surface area contributed by atoms with E-state index < -0.39 is 15.3 Å². The number of H-pyrrole nitrogens is 1. The predicted molar refractivity (Wildman–Crippen MR) is 175 cm³/mol. The molecule has 1 aliphatic heterocycles. The number of amidine groups is 1. The summed E-state index contributed by atoms with van der Waals surface area (Å²) in [6, 6.07) is 12.0. The Labute approximate surface area is 255 Å². The smallest absolute Gasteiger partial charge is 0.274 e. The molecule has 1 aromatic heterocycles. The van der Waals surface area contributed by atoms with Crippen LogP contribution in [0.5, 0.6) is 0 Å². The van der Waals surface area contributed by atoms with E-state index in [0.717, 1.165) is 37.7 Å². The standard InChI is InChI=1S/C33H46N6O3S/c1-21-10-7-11-22(2)39(21)23(3)12-8-17-27-28(38-43(41,42)26-15-5-4-6-16-26)18-19-29-31(27)37-33(40)30(36-29)24-13-9-14-25(20-24)32(34)35/h9,13-14,18-23,26,38H,4-8,10-12,15-17H2,1-3H3,(H3,34,35)(H,37,40). The van der Waals surface area contributed by atoms with E-state index in [-0.39, 0.29) is 17.1 Å². The van der Waals surface area contributed by atoms with Gasteiger partial charge in [-0.1, -0.05) is 43.9 Å². The fourth-order valence-corrected chi connectivity index (χ4v) is 8.86. The Morgan fingerprint density at radius 2 is 1.81 bits per heavy atom.